The number of hydrogen-bond acceptors (Lipinski definition) is 7. The smallest absolute Gasteiger partial charge is 0.257 e. The summed E-state index contributed by atoms with van der Waals surface area (Å²) >= 11 is 0. The van der Waals surface area contributed by atoms with Gasteiger partial charge in [-0.25, -0.2) is 9.97 Å². The molecule has 1 N–H and O–H groups in total. The third kappa shape index (κ3) is 5.62. The number of amides is 2. The summed E-state index contributed by atoms with van der Waals surface area (Å²) in [5.41, 5.74) is 1.59. The predicted molar refractivity (Wildman–Crippen MR) is 122 cm³/mol. The van der Waals surface area contributed by atoms with Crippen LogP contribution in [-0.4, -0.2) is 50.9 Å². The Bertz CT molecular complexity index is 1140. The fraction of sp³-hybridized carbons (Fsp3) is 0.292. The molecule has 0 radical (unpaired) electrons. The zero-order valence-corrected chi connectivity index (χ0v) is 18.7. The fourth-order valence-corrected chi connectivity index (χ4v) is 3.14. The number of benzene rings is 1. The minimum atomic E-state index is -0.379. The number of ether oxygens (including phenoxy) is 2. The lowest BCUT2D eigenvalue weighted by Crippen LogP contribution is -2.42. The van der Waals surface area contributed by atoms with Gasteiger partial charge in [0.15, 0.2) is 5.82 Å². The molecule has 9 nitrogen and oxygen atoms in total. The second-order valence-electron chi connectivity index (χ2n) is 7.99. The number of carbonyl (C=O) groups excluding carboxylic acids is 2. The van der Waals surface area contributed by atoms with Crippen LogP contribution in [0.1, 0.15) is 46.7 Å². The van der Waals surface area contributed by atoms with Gasteiger partial charge in [-0.1, -0.05) is 0 Å². The first-order valence-corrected chi connectivity index (χ1v) is 10.7. The summed E-state index contributed by atoms with van der Waals surface area (Å²) in [6, 6.07) is 8.21. The molecule has 1 fully saturated rings. The Labute approximate surface area is 191 Å². The van der Waals surface area contributed by atoms with Crippen LogP contribution in [0.15, 0.2) is 48.9 Å². The largest absolute Gasteiger partial charge is 0.491 e. The van der Waals surface area contributed by atoms with Crippen molar-refractivity contribution in [1.82, 2.24) is 19.9 Å². The SMILES string of the molecule is Cc1cnc(NC(=O)c2cc(Oc3ccc(C(=O)N4CCC4)cn3)cc(OC(C)C)c2)cn1. The summed E-state index contributed by atoms with van der Waals surface area (Å²) in [7, 11) is 0. The van der Waals surface area contributed by atoms with Crippen LogP contribution in [0.3, 0.4) is 0 Å². The van der Waals surface area contributed by atoms with Gasteiger partial charge in [-0.3, -0.25) is 14.6 Å². The molecule has 0 atom stereocenters. The zero-order valence-electron chi connectivity index (χ0n) is 18.7. The molecule has 0 saturated carbocycles. The van der Waals surface area contributed by atoms with Crippen molar-refractivity contribution in [3.63, 3.8) is 0 Å². The molecule has 2 aromatic heterocycles. The molecule has 0 unspecified atom stereocenters. The van der Waals surface area contributed by atoms with Gasteiger partial charge in [0.05, 0.1) is 29.8 Å². The van der Waals surface area contributed by atoms with Crippen molar-refractivity contribution in [2.24, 2.45) is 0 Å². The van der Waals surface area contributed by atoms with E-state index in [2.05, 4.69) is 20.3 Å². The Morgan fingerprint density at radius 1 is 0.970 bits per heavy atom. The molecule has 4 rings (SSSR count). The highest BCUT2D eigenvalue weighted by molar-refractivity contribution is 6.04. The van der Waals surface area contributed by atoms with Gasteiger partial charge in [0, 0.05) is 37.0 Å². The second kappa shape index (κ2) is 9.64. The summed E-state index contributed by atoms with van der Waals surface area (Å²) in [6.45, 7) is 7.16. The van der Waals surface area contributed by atoms with Crippen LogP contribution in [0, 0.1) is 6.92 Å². The highest BCUT2D eigenvalue weighted by Crippen LogP contribution is 2.28. The van der Waals surface area contributed by atoms with Crippen molar-refractivity contribution in [2.75, 3.05) is 18.4 Å². The van der Waals surface area contributed by atoms with E-state index < -0.39 is 0 Å². The van der Waals surface area contributed by atoms with Gasteiger partial charge in [0.25, 0.3) is 11.8 Å². The van der Waals surface area contributed by atoms with E-state index in [1.165, 1.54) is 12.4 Å². The number of nitrogens with one attached hydrogen (secondary N) is 1. The third-order valence-electron chi connectivity index (χ3n) is 4.89. The number of aromatic nitrogens is 3. The maximum atomic E-state index is 12.8. The molecule has 3 aromatic rings. The summed E-state index contributed by atoms with van der Waals surface area (Å²) in [5, 5.41) is 2.72. The van der Waals surface area contributed by atoms with Gasteiger partial charge < -0.3 is 19.7 Å². The zero-order chi connectivity index (χ0) is 23.4. The fourth-order valence-electron chi connectivity index (χ4n) is 3.14. The Balaban J connectivity index is 1.53. The number of likely N-dealkylation sites (tertiary alicyclic amines) is 1. The number of carbonyl (C=O) groups is 2. The lowest BCUT2D eigenvalue weighted by Gasteiger charge is -2.30. The van der Waals surface area contributed by atoms with Crippen molar-refractivity contribution >= 4 is 17.6 Å². The average Bonchev–Trinajstić information content (AvgIpc) is 2.74. The molecule has 3 heterocycles. The highest BCUT2D eigenvalue weighted by atomic mass is 16.5. The van der Waals surface area contributed by atoms with Gasteiger partial charge >= 0.3 is 0 Å². The molecule has 1 saturated heterocycles. The van der Waals surface area contributed by atoms with Gasteiger partial charge in [-0.15, -0.1) is 0 Å². The van der Waals surface area contributed by atoms with Crippen LogP contribution < -0.4 is 14.8 Å². The van der Waals surface area contributed by atoms with Crippen LogP contribution in [0.2, 0.25) is 0 Å². The van der Waals surface area contributed by atoms with Crippen LogP contribution >= 0.6 is 0 Å². The molecule has 1 aromatic carbocycles. The Morgan fingerprint density at radius 3 is 2.36 bits per heavy atom. The summed E-state index contributed by atoms with van der Waals surface area (Å²) < 4.78 is 11.7. The monoisotopic (exact) mass is 447 g/mol. The van der Waals surface area contributed by atoms with E-state index in [0.717, 1.165) is 25.2 Å². The van der Waals surface area contributed by atoms with Crippen molar-refractivity contribution in [3.8, 4) is 17.4 Å². The van der Waals surface area contributed by atoms with E-state index in [1.807, 2.05) is 20.8 Å². The topological polar surface area (TPSA) is 107 Å². The normalized spacial score (nSPS) is 12.8. The number of hydrogen-bond donors (Lipinski definition) is 1. The van der Waals surface area contributed by atoms with E-state index in [9.17, 15) is 9.59 Å². The van der Waals surface area contributed by atoms with Crippen LogP contribution in [0.5, 0.6) is 17.4 Å². The van der Waals surface area contributed by atoms with Crippen molar-refractivity contribution in [2.45, 2.75) is 33.3 Å². The minimum Gasteiger partial charge on any atom is -0.491 e. The van der Waals surface area contributed by atoms with E-state index in [-0.39, 0.29) is 17.9 Å². The van der Waals surface area contributed by atoms with Gasteiger partial charge in [0.1, 0.15) is 11.5 Å². The predicted octanol–water partition coefficient (Wildman–Crippen LogP) is 3.86. The summed E-state index contributed by atoms with van der Waals surface area (Å²) in [5.74, 6) is 1.08. The van der Waals surface area contributed by atoms with Crippen molar-refractivity contribution < 1.29 is 19.1 Å². The number of anilines is 1. The van der Waals surface area contributed by atoms with Gasteiger partial charge in [0.2, 0.25) is 5.88 Å². The molecule has 33 heavy (non-hydrogen) atoms. The minimum absolute atomic E-state index is 0.0363. The lowest BCUT2D eigenvalue weighted by molar-refractivity contribution is 0.0651. The van der Waals surface area contributed by atoms with E-state index in [0.29, 0.717) is 34.3 Å². The molecular weight excluding hydrogens is 422 g/mol. The number of pyridine rings is 1. The van der Waals surface area contributed by atoms with Gasteiger partial charge in [-0.2, -0.15) is 0 Å². The lowest BCUT2D eigenvalue weighted by atomic mass is 10.1. The van der Waals surface area contributed by atoms with E-state index in [4.69, 9.17) is 9.47 Å². The van der Waals surface area contributed by atoms with Gasteiger partial charge in [-0.05, 0) is 45.4 Å². The first-order chi connectivity index (χ1) is 15.9. The first-order valence-electron chi connectivity index (χ1n) is 10.7. The standard InChI is InChI=1S/C24H25N5O4/c1-15(2)32-19-9-18(23(30)28-21-14-25-16(3)12-26-21)10-20(11-19)33-22-6-5-17(13-27-22)24(31)29-7-4-8-29/h5-6,9-15H,4,7-8H2,1-3H3,(H,26,28,30). The molecule has 1 aliphatic rings. The first kappa shape index (κ1) is 22.2. The quantitative estimate of drug-likeness (QED) is 0.586. The second-order valence-corrected chi connectivity index (χ2v) is 7.99. The Morgan fingerprint density at radius 2 is 1.76 bits per heavy atom. The Hall–Kier alpha value is -4.01. The summed E-state index contributed by atoms with van der Waals surface area (Å²) in [6.07, 6.45) is 5.50. The average molecular weight is 447 g/mol. The third-order valence-corrected chi connectivity index (χ3v) is 4.89. The number of rotatable bonds is 7. The maximum Gasteiger partial charge on any atom is 0.257 e. The highest BCUT2D eigenvalue weighted by Gasteiger charge is 2.22. The number of nitrogens with zero attached hydrogens (tertiary/aromatic N) is 4. The molecular formula is C24H25N5O4. The molecule has 170 valence electrons. The molecule has 9 heteroatoms. The van der Waals surface area contributed by atoms with Crippen molar-refractivity contribution in [1.29, 1.82) is 0 Å². The molecule has 2 amide bonds. The number of aryl methyl sites for hydroxylation is 1. The summed E-state index contributed by atoms with van der Waals surface area (Å²) in [4.78, 5) is 39.4. The molecule has 0 aliphatic carbocycles. The van der Waals surface area contributed by atoms with Crippen LogP contribution in [-0.2, 0) is 0 Å². The molecule has 1 aliphatic heterocycles. The molecule has 0 bridgehead atoms. The molecule has 0 spiro atoms. The van der Waals surface area contributed by atoms with E-state index >= 15 is 0 Å². The Kier molecular flexibility index (Phi) is 6.48. The van der Waals surface area contributed by atoms with E-state index in [1.54, 1.807) is 41.4 Å². The van der Waals surface area contributed by atoms with Crippen LogP contribution in [0.25, 0.3) is 0 Å². The van der Waals surface area contributed by atoms with Crippen molar-refractivity contribution in [3.05, 3.63) is 65.7 Å². The maximum absolute atomic E-state index is 12.8. The van der Waals surface area contributed by atoms with Crippen LogP contribution in [0.4, 0.5) is 5.82 Å².